The molecule has 1 amide bonds. The quantitative estimate of drug-likeness (QED) is 0.411. The summed E-state index contributed by atoms with van der Waals surface area (Å²) in [4.78, 5) is 26.2. The van der Waals surface area contributed by atoms with Crippen LogP contribution in [0.1, 0.15) is 21.6 Å². The number of halogens is 1. The number of aromatic nitrogens is 4. The Morgan fingerprint density at radius 1 is 1.00 bits per heavy atom. The molecule has 0 atom stereocenters. The van der Waals surface area contributed by atoms with Gasteiger partial charge in [-0.3, -0.25) is 9.69 Å². The number of carbonyl (C=O) groups excluding carboxylic acids is 1. The van der Waals surface area contributed by atoms with Crippen LogP contribution < -0.4 is 0 Å². The minimum absolute atomic E-state index is 0.0523. The molecule has 8 heteroatoms. The van der Waals surface area contributed by atoms with Gasteiger partial charge in [-0.05, 0) is 30.7 Å². The smallest absolute Gasteiger partial charge is 0.257 e. The minimum atomic E-state index is -0.357. The van der Waals surface area contributed by atoms with Crippen molar-refractivity contribution < 1.29 is 9.18 Å². The molecule has 0 saturated carbocycles. The molecule has 182 valence electrons. The van der Waals surface area contributed by atoms with Gasteiger partial charge in [-0.2, -0.15) is 5.10 Å². The second kappa shape index (κ2) is 10.6. The van der Waals surface area contributed by atoms with E-state index in [1.54, 1.807) is 36.7 Å². The Bertz CT molecular complexity index is 1380. The number of benzene rings is 2. The van der Waals surface area contributed by atoms with Gasteiger partial charge in [0.15, 0.2) is 0 Å². The maximum absolute atomic E-state index is 14.2. The van der Waals surface area contributed by atoms with Gasteiger partial charge < -0.3 is 4.90 Å². The highest BCUT2D eigenvalue weighted by Crippen LogP contribution is 2.22. The molecule has 1 saturated heterocycles. The maximum Gasteiger partial charge on any atom is 0.257 e. The van der Waals surface area contributed by atoms with E-state index >= 15 is 0 Å². The maximum atomic E-state index is 14.2. The zero-order valence-corrected chi connectivity index (χ0v) is 20.1. The summed E-state index contributed by atoms with van der Waals surface area (Å²) < 4.78 is 15.8. The molecule has 0 bridgehead atoms. The van der Waals surface area contributed by atoms with Crippen LogP contribution in [0.25, 0.3) is 23.3 Å². The zero-order chi connectivity index (χ0) is 24.9. The number of carbonyl (C=O) groups is 1. The van der Waals surface area contributed by atoms with E-state index in [9.17, 15) is 9.18 Å². The monoisotopic (exact) mass is 482 g/mol. The van der Waals surface area contributed by atoms with Crippen LogP contribution in [0.2, 0.25) is 0 Å². The van der Waals surface area contributed by atoms with Crippen molar-refractivity contribution in [2.24, 2.45) is 0 Å². The third-order valence-electron chi connectivity index (χ3n) is 6.36. The van der Waals surface area contributed by atoms with Gasteiger partial charge in [0.1, 0.15) is 5.82 Å². The van der Waals surface area contributed by atoms with E-state index in [0.717, 1.165) is 19.6 Å². The van der Waals surface area contributed by atoms with E-state index in [1.807, 2.05) is 30.0 Å². The summed E-state index contributed by atoms with van der Waals surface area (Å²) in [7, 11) is 0. The Labute approximate surface area is 209 Å². The van der Waals surface area contributed by atoms with E-state index in [-0.39, 0.29) is 11.7 Å². The van der Waals surface area contributed by atoms with Crippen LogP contribution >= 0.6 is 0 Å². The molecule has 4 aromatic rings. The lowest BCUT2D eigenvalue weighted by Gasteiger charge is -2.34. The molecule has 0 unspecified atom stereocenters. The number of hydrogen-bond donors (Lipinski definition) is 0. The number of piperazine rings is 1. The van der Waals surface area contributed by atoms with Crippen LogP contribution in [0.3, 0.4) is 0 Å². The minimum Gasteiger partial charge on any atom is -0.336 e. The normalized spacial score (nSPS) is 14.4. The third-order valence-corrected chi connectivity index (χ3v) is 6.36. The average Bonchev–Trinajstić information content (AvgIpc) is 3.31. The van der Waals surface area contributed by atoms with Gasteiger partial charge >= 0.3 is 0 Å². The van der Waals surface area contributed by atoms with Gasteiger partial charge in [-0.15, -0.1) is 0 Å². The Hall–Kier alpha value is -4.17. The van der Waals surface area contributed by atoms with Gasteiger partial charge in [0.05, 0.1) is 23.1 Å². The van der Waals surface area contributed by atoms with Crippen molar-refractivity contribution in [3.63, 3.8) is 0 Å². The molecule has 7 nitrogen and oxygen atoms in total. The highest BCUT2D eigenvalue weighted by atomic mass is 19.1. The van der Waals surface area contributed by atoms with Crippen LogP contribution in [-0.2, 0) is 0 Å². The van der Waals surface area contributed by atoms with Crippen LogP contribution in [-0.4, -0.2) is 68.2 Å². The second-order valence-corrected chi connectivity index (χ2v) is 8.68. The summed E-state index contributed by atoms with van der Waals surface area (Å²) in [6.07, 6.45) is 7.42. The summed E-state index contributed by atoms with van der Waals surface area (Å²) >= 11 is 0. The van der Waals surface area contributed by atoms with Crippen molar-refractivity contribution in [1.29, 1.82) is 0 Å². The summed E-state index contributed by atoms with van der Waals surface area (Å²) in [5.41, 5.74) is 3.20. The predicted octanol–water partition coefficient (Wildman–Crippen LogP) is 4.25. The second-order valence-electron chi connectivity index (χ2n) is 8.68. The fraction of sp³-hybridized carbons (Fsp3) is 0.214. The first-order valence-corrected chi connectivity index (χ1v) is 12.0. The lowest BCUT2D eigenvalue weighted by atomic mass is 10.1. The molecule has 0 N–H and O–H groups in total. The predicted molar refractivity (Wildman–Crippen MR) is 137 cm³/mol. The molecule has 1 aliphatic heterocycles. The van der Waals surface area contributed by atoms with Crippen molar-refractivity contribution in [3.05, 3.63) is 102 Å². The molecule has 36 heavy (non-hydrogen) atoms. The number of rotatable bonds is 6. The van der Waals surface area contributed by atoms with E-state index in [1.165, 1.54) is 16.3 Å². The van der Waals surface area contributed by atoms with Gasteiger partial charge in [0, 0.05) is 44.5 Å². The summed E-state index contributed by atoms with van der Waals surface area (Å²) in [6.45, 7) is 5.61. The van der Waals surface area contributed by atoms with E-state index in [4.69, 9.17) is 0 Å². The first kappa shape index (κ1) is 23.6. The number of nitrogens with zero attached hydrogens (tertiary/aromatic N) is 6. The molecular formula is C28H27FN6O. The summed E-state index contributed by atoms with van der Waals surface area (Å²) in [5.74, 6) is -0.115. The summed E-state index contributed by atoms with van der Waals surface area (Å²) in [5, 5.41) is 4.37. The molecule has 0 spiro atoms. The lowest BCUT2D eigenvalue weighted by molar-refractivity contribution is 0.0649. The van der Waals surface area contributed by atoms with Gasteiger partial charge in [-0.1, -0.05) is 54.6 Å². The van der Waals surface area contributed by atoms with E-state index in [2.05, 4.69) is 44.3 Å². The third kappa shape index (κ3) is 5.08. The Balaban J connectivity index is 1.24. The van der Waals surface area contributed by atoms with Gasteiger partial charge in [0.2, 0.25) is 0 Å². The first-order chi connectivity index (χ1) is 17.6. The molecule has 2 aromatic heterocycles. The first-order valence-electron chi connectivity index (χ1n) is 12.0. The van der Waals surface area contributed by atoms with Gasteiger partial charge in [0.25, 0.3) is 11.9 Å². The number of hydrogen-bond acceptors (Lipinski definition) is 5. The molecule has 2 aromatic carbocycles. The highest BCUT2D eigenvalue weighted by molar-refractivity contribution is 5.95. The van der Waals surface area contributed by atoms with Crippen LogP contribution in [0, 0.1) is 12.7 Å². The zero-order valence-electron chi connectivity index (χ0n) is 20.1. The Morgan fingerprint density at radius 2 is 1.75 bits per heavy atom. The molecule has 1 aliphatic rings. The average molecular weight is 483 g/mol. The molecule has 0 aliphatic carbocycles. The van der Waals surface area contributed by atoms with E-state index < -0.39 is 0 Å². The van der Waals surface area contributed by atoms with Crippen LogP contribution in [0.4, 0.5) is 4.39 Å². The topological polar surface area (TPSA) is 67.2 Å². The Morgan fingerprint density at radius 3 is 2.53 bits per heavy atom. The largest absolute Gasteiger partial charge is 0.336 e. The fourth-order valence-corrected chi connectivity index (χ4v) is 4.30. The van der Waals surface area contributed by atoms with Crippen molar-refractivity contribution >= 4 is 12.0 Å². The SMILES string of the molecule is Cc1c(C(=O)N2CCN(CC=Cc3ccccc3)CC2)cnn1-c1nccc(-c2ccccc2F)n1. The van der Waals surface area contributed by atoms with E-state index in [0.29, 0.717) is 41.6 Å². The van der Waals surface area contributed by atoms with Crippen molar-refractivity contribution in [2.45, 2.75) is 6.92 Å². The molecule has 1 fully saturated rings. The van der Waals surface area contributed by atoms with Crippen molar-refractivity contribution in [3.8, 4) is 17.2 Å². The van der Waals surface area contributed by atoms with Crippen molar-refractivity contribution in [2.75, 3.05) is 32.7 Å². The fourth-order valence-electron chi connectivity index (χ4n) is 4.30. The molecule has 0 radical (unpaired) electrons. The highest BCUT2D eigenvalue weighted by Gasteiger charge is 2.25. The standard InChI is InChI=1S/C28H27FN6O/c1-21-24(20-31-35(21)28-30-14-13-26(32-28)23-11-5-6-12-25(23)29)27(36)34-18-16-33(17-19-34)15-7-10-22-8-3-2-4-9-22/h2-14,20H,15-19H2,1H3. The van der Waals surface area contributed by atoms with Crippen molar-refractivity contribution in [1.82, 2.24) is 29.5 Å². The lowest BCUT2D eigenvalue weighted by Crippen LogP contribution is -2.48. The molecular weight excluding hydrogens is 455 g/mol. The van der Waals surface area contributed by atoms with Crippen LogP contribution in [0.5, 0.6) is 0 Å². The summed E-state index contributed by atoms with van der Waals surface area (Å²) in [6, 6.07) is 18.3. The molecule has 5 rings (SSSR count). The number of amides is 1. The van der Waals surface area contributed by atoms with Crippen LogP contribution in [0.15, 0.2) is 79.1 Å². The van der Waals surface area contributed by atoms with Gasteiger partial charge in [-0.25, -0.2) is 19.0 Å². The Kier molecular flexibility index (Phi) is 6.95. The molecule has 3 heterocycles.